The number of hydrogen-bond donors (Lipinski definition) is 3. The highest BCUT2D eigenvalue weighted by Crippen LogP contribution is 2.13. The third kappa shape index (κ3) is 28.3. The molecule has 276 valence electrons. The first-order chi connectivity index (χ1) is 23.6. The van der Waals surface area contributed by atoms with E-state index in [4.69, 9.17) is 83.3 Å². The van der Waals surface area contributed by atoms with Crippen LogP contribution in [-0.2, 0) is 33.3 Å². The van der Waals surface area contributed by atoms with Crippen molar-refractivity contribution in [3.63, 3.8) is 0 Å². The maximum Gasteiger partial charge on any atom is 0.335 e. The van der Waals surface area contributed by atoms with Crippen molar-refractivity contribution >= 4 is 58.0 Å². The molecule has 2 rings (SSSR count). The van der Waals surface area contributed by atoms with Crippen LogP contribution in [0.25, 0.3) is 0 Å². The molecule has 0 atom stereocenters. The molecule has 0 saturated heterocycles. The zero-order valence-corrected chi connectivity index (χ0v) is 29.2. The Labute approximate surface area is 300 Å². The number of carboxylic acid groups (broad SMARTS) is 2. The highest BCUT2D eigenvalue weighted by Gasteiger charge is 2.04. The van der Waals surface area contributed by atoms with Crippen LogP contribution in [0.15, 0.2) is 48.5 Å². The lowest BCUT2D eigenvalue weighted by Crippen LogP contribution is -2.14. The molecule has 0 aliphatic carbocycles. The lowest BCUT2D eigenvalue weighted by atomic mass is 10.2. The molecule has 0 aliphatic rings. The van der Waals surface area contributed by atoms with Crippen LogP contribution in [0.3, 0.4) is 0 Å². The summed E-state index contributed by atoms with van der Waals surface area (Å²) < 4.78 is 36.4. The predicted molar refractivity (Wildman–Crippen MR) is 181 cm³/mol. The Morgan fingerprint density at radius 3 is 1.22 bits per heavy atom. The summed E-state index contributed by atoms with van der Waals surface area (Å²) in [5, 5.41) is 25.6. The van der Waals surface area contributed by atoms with Crippen LogP contribution in [0, 0.1) is 0 Å². The summed E-state index contributed by atoms with van der Waals surface area (Å²) in [5.41, 5.74) is 0.439. The van der Waals surface area contributed by atoms with Crippen molar-refractivity contribution in [3.8, 4) is 11.5 Å². The first-order valence-electron chi connectivity index (χ1n) is 14.9. The minimum Gasteiger partial charge on any atom is -0.491 e. The van der Waals surface area contributed by atoms with Gasteiger partial charge in [0.05, 0.1) is 77.0 Å². The van der Waals surface area contributed by atoms with E-state index in [2.05, 4.69) is 0 Å². The maximum atomic E-state index is 11.0. The molecule has 0 spiro atoms. The number of carboxylic acids is 2. The maximum absolute atomic E-state index is 11.0. The van der Waals surface area contributed by atoms with Gasteiger partial charge in [0.1, 0.15) is 31.3 Å². The van der Waals surface area contributed by atoms with Gasteiger partial charge in [-0.1, -0.05) is 0 Å². The van der Waals surface area contributed by atoms with Crippen molar-refractivity contribution in [2.24, 2.45) is 0 Å². The fourth-order valence-corrected chi connectivity index (χ4v) is 3.49. The van der Waals surface area contributed by atoms with Gasteiger partial charge in [-0.05, 0) is 60.1 Å². The summed E-state index contributed by atoms with van der Waals surface area (Å²) in [6, 6.07) is 12.3. The van der Waals surface area contributed by atoms with E-state index in [0.717, 1.165) is 0 Å². The highest BCUT2D eigenvalue weighted by atomic mass is 35.5. The van der Waals surface area contributed by atoms with E-state index < -0.39 is 11.9 Å². The van der Waals surface area contributed by atoms with Gasteiger partial charge in [0.25, 0.3) is 0 Å². The average molecular weight is 758 g/mol. The number of aliphatic hydroxyl groups is 1. The third-order valence-electron chi connectivity index (χ3n) is 5.26. The Bertz CT molecular complexity index is 1150. The summed E-state index contributed by atoms with van der Waals surface area (Å²) in [5.74, 6) is -0.514. The van der Waals surface area contributed by atoms with Crippen LogP contribution < -0.4 is 9.47 Å². The molecule has 0 fully saturated rings. The van der Waals surface area contributed by atoms with Gasteiger partial charge < -0.3 is 48.5 Å². The smallest absolute Gasteiger partial charge is 0.335 e. The lowest BCUT2D eigenvalue weighted by molar-refractivity contribution is -0.144. The number of hydrogen-bond acceptors (Lipinski definition) is 12. The predicted octanol–water partition coefficient (Wildman–Crippen LogP) is 4.14. The molecule has 14 nitrogen and oxygen atoms in total. The van der Waals surface area contributed by atoms with E-state index in [-0.39, 0.29) is 54.3 Å². The van der Waals surface area contributed by atoms with E-state index >= 15 is 0 Å². The van der Waals surface area contributed by atoms with Gasteiger partial charge in [-0.25, -0.2) is 9.59 Å². The molecule has 0 amide bonds. The number of aromatic carboxylic acids is 2. The van der Waals surface area contributed by atoms with Crippen molar-refractivity contribution in [1.29, 1.82) is 0 Å². The summed E-state index contributed by atoms with van der Waals surface area (Å²) in [7, 11) is 0. The SMILES string of the molecule is O=C(CCCl)OCCOCCOCCOc1ccc(C(=O)O)cc1.O=C(Cl)CCCl.O=C(O)c1ccc(OCCOCCOCCO)cc1. The summed E-state index contributed by atoms with van der Waals surface area (Å²) in [6.07, 6.45) is 0.465. The van der Waals surface area contributed by atoms with Gasteiger partial charge >= 0.3 is 17.9 Å². The Morgan fingerprint density at radius 2 is 0.898 bits per heavy atom. The highest BCUT2D eigenvalue weighted by molar-refractivity contribution is 6.63. The zero-order chi connectivity index (χ0) is 36.5. The fourth-order valence-electron chi connectivity index (χ4n) is 2.97. The van der Waals surface area contributed by atoms with Gasteiger partial charge in [-0.2, -0.15) is 0 Å². The second kappa shape index (κ2) is 32.0. The molecule has 0 heterocycles. The monoisotopic (exact) mass is 756 g/mol. The van der Waals surface area contributed by atoms with Gasteiger partial charge in [0.2, 0.25) is 5.24 Å². The number of halogens is 3. The molecular formula is C32H43Cl3O14. The topological polar surface area (TPSA) is 194 Å². The summed E-state index contributed by atoms with van der Waals surface area (Å²) in [6.45, 7) is 4.04. The minimum absolute atomic E-state index is 0.00937. The summed E-state index contributed by atoms with van der Waals surface area (Å²) >= 11 is 15.3. The molecule has 0 radical (unpaired) electrons. The molecule has 0 bridgehead atoms. The quantitative estimate of drug-likeness (QED) is 0.0566. The van der Waals surface area contributed by atoms with Crippen molar-refractivity contribution in [1.82, 2.24) is 0 Å². The Hall–Kier alpha value is -3.21. The van der Waals surface area contributed by atoms with Crippen molar-refractivity contribution in [2.45, 2.75) is 12.8 Å². The Kier molecular flexibility index (Phi) is 29.9. The van der Waals surface area contributed by atoms with E-state index in [1.54, 1.807) is 24.3 Å². The molecule has 2 aromatic rings. The summed E-state index contributed by atoms with van der Waals surface area (Å²) in [4.78, 5) is 42.0. The number of esters is 1. The molecule has 49 heavy (non-hydrogen) atoms. The number of ether oxygens (including phenoxy) is 7. The van der Waals surface area contributed by atoms with Crippen molar-refractivity contribution < 1.29 is 67.7 Å². The molecule has 2 aromatic carbocycles. The first kappa shape index (κ1) is 45.8. The van der Waals surface area contributed by atoms with Gasteiger partial charge in [0.15, 0.2) is 0 Å². The standard InChI is InChI=1S/C16H21ClO7.C13H18O6.C3H4Cl2O/c17-6-5-15(18)24-12-10-22-8-7-21-9-11-23-14-3-1-13(2-4-14)16(19)20;14-5-6-17-7-8-18-9-10-19-12-3-1-11(2-4-12)13(15)16;4-2-1-3(5)6/h1-4H,5-12H2,(H,19,20);1-4,14H,5-10H2,(H,15,16);1-2H2. The van der Waals surface area contributed by atoms with Gasteiger partial charge in [-0.3, -0.25) is 9.59 Å². The van der Waals surface area contributed by atoms with Crippen molar-refractivity contribution in [2.75, 3.05) is 91.0 Å². The Morgan fingerprint density at radius 1 is 0.531 bits per heavy atom. The number of rotatable bonds is 25. The fraction of sp³-hybridized carbons (Fsp3) is 0.500. The number of carbonyl (C=O) groups is 4. The normalized spacial score (nSPS) is 10.1. The first-order valence-corrected chi connectivity index (χ1v) is 16.4. The van der Waals surface area contributed by atoms with Crippen LogP contribution in [0.1, 0.15) is 33.6 Å². The van der Waals surface area contributed by atoms with Gasteiger partial charge in [-0.15, -0.1) is 23.2 Å². The van der Waals surface area contributed by atoms with E-state index in [9.17, 15) is 19.2 Å². The van der Waals surface area contributed by atoms with Gasteiger partial charge in [0, 0.05) is 18.2 Å². The van der Waals surface area contributed by atoms with Crippen LogP contribution >= 0.6 is 34.8 Å². The lowest BCUT2D eigenvalue weighted by Gasteiger charge is -2.08. The number of carbonyl (C=O) groups excluding carboxylic acids is 2. The molecule has 0 aromatic heterocycles. The van der Waals surface area contributed by atoms with Crippen LogP contribution in [-0.4, -0.2) is 130 Å². The molecule has 3 N–H and O–H groups in total. The van der Waals surface area contributed by atoms with E-state index in [1.165, 1.54) is 24.3 Å². The van der Waals surface area contributed by atoms with Crippen LogP contribution in [0.2, 0.25) is 0 Å². The number of aliphatic hydroxyl groups excluding tert-OH is 1. The Balaban J connectivity index is 0.000000821. The largest absolute Gasteiger partial charge is 0.491 e. The van der Waals surface area contributed by atoms with Crippen LogP contribution in [0.4, 0.5) is 0 Å². The second-order valence-electron chi connectivity index (χ2n) is 8.98. The molecule has 17 heteroatoms. The molecular weight excluding hydrogens is 715 g/mol. The third-order valence-corrected chi connectivity index (χ3v) is 5.82. The second-order valence-corrected chi connectivity index (χ2v) is 10.2. The van der Waals surface area contributed by atoms with E-state index in [1.807, 2.05) is 0 Å². The number of benzene rings is 2. The van der Waals surface area contributed by atoms with Crippen molar-refractivity contribution in [3.05, 3.63) is 59.7 Å². The molecule has 0 unspecified atom stereocenters. The zero-order valence-electron chi connectivity index (χ0n) is 26.9. The average Bonchev–Trinajstić information content (AvgIpc) is 3.08. The number of alkyl halides is 2. The van der Waals surface area contributed by atoms with E-state index in [0.29, 0.717) is 83.4 Å². The minimum atomic E-state index is -0.973. The molecule has 0 aliphatic heterocycles. The van der Waals surface area contributed by atoms with Crippen LogP contribution in [0.5, 0.6) is 11.5 Å². The molecule has 0 saturated carbocycles.